The van der Waals surface area contributed by atoms with Crippen LogP contribution in [0.4, 0.5) is 13.2 Å². The van der Waals surface area contributed by atoms with Gasteiger partial charge in [0.1, 0.15) is 0 Å². The van der Waals surface area contributed by atoms with Crippen molar-refractivity contribution in [3.05, 3.63) is 0 Å². The predicted octanol–water partition coefficient (Wildman–Crippen LogP) is 2.53. The van der Waals surface area contributed by atoms with E-state index in [0.29, 0.717) is 45.1 Å². The minimum absolute atomic E-state index is 0.0934. The average Bonchev–Trinajstić information content (AvgIpc) is 2.96. The minimum atomic E-state index is -4.27. The van der Waals surface area contributed by atoms with Gasteiger partial charge in [-0.2, -0.15) is 13.2 Å². The van der Waals surface area contributed by atoms with E-state index in [1.165, 1.54) is 0 Å². The summed E-state index contributed by atoms with van der Waals surface area (Å²) in [5, 5.41) is 0. The molecule has 1 aliphatic carbocycles. The van der Waals surface area contributed by atoms with Crippen LogP contribution in [0, 0.1) is 17.8 Å². The molecule has 0 unspecified atom stereocenters. The van der Waals surface area contributed by atoms with Crippen LogP contribution in [0.2, 0.25) is 0 Å². The maximum atomic E-state index is 13.3. The number of likely N-dealkylation sites (tertiary alicyclic amines) is 1. The van der Waals surface area contributed by atoms with Gasteiger partial charge < -0.3 is 9.64 Å². The number of morpholine rings is 1. The number of carbonyl (C=O) groups excluding carboxylic acids is 1. The number of halogens is 3. The number of amides is 1. The molecule has 3 aliphatic rings. The van der Waals surface area contributed by atoms with Crippen LogP contribution >= 0.6 is 0 Å². The van der Waals surface area contributed by atoms with Crippen molar-refractivity contribution in [3.63, 3.8) is 0 Å². The van der Waals surface area contributed by atoms with Gasteiger partial charge in [-0.3, -0.25) is 9.69 Å². The van der Waals surface area contributed by atoms with E-state index in [-0.39, 0.29) is 18.4 Å². The van der Waals surface area contributed by atoms with Crippen molar-refractivity contribution in [1.29, 1.82) is 0 Å². The number of hydrogen-bond acceptors (Lipinski definition) is 3. The van der Waals surface area contributed by atoms with Crippen LogP contribution in [0.15, 0.2) is 0 Å². The number of carbonyl (C=O) groups is 1. The van der Waals surface area contributed by atoms with Gasteiger partial charge in [0.15, 0.2) is 0 Å². The van der Waals surface area contributed by atoms with E-state index in [0.717, 1.165) is 19.5 Å². The van der Waals surface area contributed by atoms with E-state index in [2.05, 4.69) is 11.8 Å². The maximum absolute atomic E-state index is 13.3. The summed E-state index contributed by atoms with van der Waals surface area (Å²) in [5.41, 5.74) is 0. The lowest BCUT2D eigenvalue weighted by molar-refractivity contribution is -0.200. The van der Waals surface area contributed by atoms with Crippen molar-refractivity contribution in [2.45, 2.75) is 44.8 Å². The highest BCUT2D eigenvalue weighted by molar-refractivity contribution is 5.79. The topological polar surface area (TPSA) is 32.8 Å². The molecule has 0 aromatic rings. The molecule has 3 fully saturated rings. The van der Waals surface area contributed by atoms with Gasteiger partial charge in [-0.1, -0.05) is 19.8 Å². The third-order valence-corrected chi connectivity index (χ3v) is 5.90. The second-order valence-corrected chi connectivity index (χ2v) is 7.48. The second kappa shape index (κ2) is 7.20. The third kappa shape index (κ3) is 3.72. The molecule has 2 aliphatic heterocycles. The standard InChI is InChI=1S/C17H27F3N2O2/c1-12-10-22(11-15(12)21-6-8-24-9-7-21)16(23)13-4-2-3-5-14(13)17(18,19)20/h12-15H,2-11H2,1H3/t12-,13-,14-,15+/m1/s1. The van der Waals surface area contributed by atoms with E-state index < -0.39 is 18.0 Å². The van der Waals surface area contributed by atoms with Gasteiger partial charge in [0, 0.05) is 38.1 Å². The molecule has 2 saturated heterocycles. The van der Waals surface area contributed by atoms with E-state index in [1.54, 1.807) is 4.90 Å². The molecule has 7 heteroatoms. The summed E-state index contributed by atoms with van der Waals surface area (Å²) in [6.45, 7) is 6.28. The molecule has 0 N–H and O–H groups in total. The number of hydrogen-bond donors (Lipinski definition) is 0. The highest BCUT2D eigenvalue weighted by Crippen LogP contribution is 2.42. The largest absolute Gasteiger partial charge is 0.392 e. The first-order valence-corrected chi connectivity index (χ1v) is 9.05. The van der Waals surface area contributed by atoms with Gasteiger partial charge in [0.05, 0.1) is 19.1 Å². The number of rotatable bonds is 2. The summed E-state index contributed by atoms with van der Waals surface area (Å²) < 4.78 is 45.2. The molecule has 1 amide bonds. The van der Waals surface area contributed by atoms with Crippen LogP contribution in [-0.4, -0.2) is 67.3 Å². The number of alkyl halides is 3. The fourth-order valence-corrected chi connectivity index (χ4v) is 4.57. The first-order valence-electron chi connectivity index (χ1n) is 9.05. The lowest BCUT2D eigenvalue weighted by Gasteiger charge is -2.35. The van der Waals surface area contributed by atoms with Gasteiger partial charge >= 0.3 is 6.18 Å². The first kappa shape index (κ1) is 18.0. The van der Waals surface area contributed by atoms with Gasteiger partial charge in [-0.25, -0.2) is 0 Å². The Hall–Kier alpha value is -0.820. The number of ether oxygens (including phenoxy) is 1. The van der Waals surface area contributed by atoms with Crippen molar-refractivity contribution in [2.24, 2.45) is 17.8 Å². The molecule has 1 saturated carbocycles. The normalized spacial score (nSPS) is 36.1. The van der Waals surface area contributed by atoms with E-state index in [1.807, 2.05) is 0 Å². The van der Waals surface area contributed by atoms with Crippen molar-refractivity contribution < 1.29 is 22.7 Å². The van der Waals surface area contributed by atoms with Crippen molar-refractivity contribution in [2.75, 3.05) is 39.4 Å². The summed E-state index contributed by atoms with van der Waals surface area (Å²) in [4.78, 5) is 16.8. The monoisotopic (exact) mass is 348 g/mol. The van der Waals surface area contributed by atoms with Crippen molar-refractivity contribution >= 4 is 5.91 Å². The zero-order valence-corrected chi connectivity index (χ0v) is 14.2. The zero-order valence-electron chi connectivity index (χ0n) is 14.2. The van der Waals surface area contributed by atoms with Crippen molar-refractivity contribution in [1.82, 2.24) is 9.80 Å². The Morgan fingerprint density at radius 2 is 1.75 bits per heavy atom. The zero-order chi connectivity index (χ0) is 17.3. The third-order valence-electron chi connectivity index (χ3n) is 5.90. The molecule has 0 spiro atoms. The summed E-state index contributed by atoms with van der Waals surface area (Å²) >= 11 is 0. The molecule has 3 rings (SSSR count). The predicted molar refractivity (Wildman–Crippen MR) is 83.4 cm³/mol. The molecule has 0 aromatic carbocycles. The Kier molecular flexibility index (Phi) is 5.39. The molecule has 138 valence electrons. The van der Waals surface area contributed by atoms with Crippen molar-refractivity contribution in [3.8, 4) is 0 Å². The molecule has 4 atom stereocenters. The molecule has 4 nitrogen and oxygen atoms in total. The van der Waals surface area contributed by atoms with Gasteiger partial charge in [0.2, 0.25) is 5.91 Å². The van der Waals surface area contributed by atoms with Gasteiger partial charge in [-0.05, 0) is 18.8 Å². The van der Waals surface area contributed by atoms with E-state index in [9.17, 15) is 18.0 Å². The fraction of sp³-hybridized carbons (Fsp3) is 0.941. The molecular weight excluding hydrogens is 321 g/mol. The van der Waals surface area contributed by atoms with Crippen LogP contribution in [-0.2, 0) is 9.53 Å². The summed E-state index contributed by atoms with van der Waals surface area (Å²) in [6, 6.07) is 0.241. The van der Waals surface area contributed by atoms with Crippen LogP contribution < -0.4 is 0 Å². The van der Waals surface area contributed by atoms with Gasteiger partial charge in [-0.15, -0.1) is 0 Å². The molecule has 0 aromatic heterocycles. The lowest BCUT2D eigenvalue weighted by Crippen LogP contribution is -2.48. The summed E-state index contributed by atoms with van der Waals surface area (Å²) in [6.07, 6.45) is -2.51. The smallest absolute Gasteiger partial charge is 0.379 e. The Morgan fingerprint density at radius 1 is 1.08 bits per heavy atom. The average molecular weight is 348 g/mol. The Morgan fingerprint density at radius 3 is 2.42 bits per heavy atom. The molecule has 24 heavy (non-hydrogen) atoms. The molecule has 0 radical (unpaired) electrons. The quantitative estimate of drug-likeness (QED) is 0.769. The second-order valence-electron chi connectivity index (χ2n) is 7.48. The number of nitrogens with zero attached hydrogens (tertiary/aromatic N) is 2. The Labute approximate surface area is 141 Å². The Balaban J connectivity index is 1.66. The fourth-order valence-electron chi connectivity index (χ4n) is 4.57. The van der Waals surface area contributed by atoms with E-state index in [4.69, 9.17) is 4.74 Å². The molecular formula is C17H27F3N2O2. The summed E-state index contributed by atoms with van der Waals surface area (Å²) in [5.74, 6) is -2.33. The van der Waals surface area contributed by atoms with E-state index >= 15 is 0 Å². The SMILES string of the molecule is C[C@@H]1CN(C(=O)[C@@H]2CCCC[C@H]2C(F)(F)F)C[C@@H]1N1CCOCC1. The Bertz CT molecular complexity index is 452. The highest BCUT2D eigenvalue weighted by Gasteiger charge is 2.50. The van der Waals surface area contributed by atoms with Crippen LogP contribution in [0.3, 0.4) is 0 Å². The minimum Gasteiger partial charge on any atom is -0.379 e. The first-order chi connectivity index (χ1) is 11.4. The van der Waals surface area contributed by atoms with Gasteiger partial charge in [0.25, 0.3) is 0 Å². The van der Waals surface area contributed by atoms with Crippen LogP contribution in [0.1, 0.15) is 32.6 Å². The van der Waals surface area contributed by atoms with Crippen LogP contribution in [0.25, 0.3) is 0 Å². The maximum Gasteiger partial charge on any atom is 0.392 e. The highest BCUT2D eigenvalue weighted by atomic mass is 19.4. The summed E-state index contributed by atoms with van der Waals surface area (Å²) in [7, 11) is 0. The van der Waals surface area contributed by atoms with Crippen LogP contribution in [0.5, 0.6) is 0 Å². The molecule has 2 heterocycles. The lowest BCUT2D eigenvalue weighted by atomic mass is 9.78. The molecule has 0 bridgehead atoms.